The molecule has 140 valence electrons. The van der Waals surface area contributed by atoms with Gasteiger partial charge in [0.1, 0.15) is 11.5 Å². The summed E-state index contributed by atoms with van der Waals surface area (Å²) in [5, 5.41) is 20.8. The first kappa shape index (κ1) is 17.7. The lowest BCUT2D eigenvalue weighted by atomic mass is 9.76. The van der Waals surface area contributed by atoms with E-state index in [0.717, 1.165) is 0 Å². The molecule has 0 amide bonds. The molecular weight excluding hydrogens is 364 g/mol. The number of carbonyl (C=O) groups is 4. The Bertz CT molecular complexity index is 1170. The van der Waals surface area contributed by atoms with E-state index < -0.39 is 34.8 Å². The lowest BCUT2D eigenvalue weighted by molar-refractivity contribution is -0.133. The maximum absolute atomic E-state index is 13.0. The first-order valence-corrected chi connectivity index (χ1v) is 8.40. The fourth-order valence-corrected chi connectivity index (χ4v) is 3.83. The van der Waals surface area contributed by atoms with Crippen molar-refractivity contribution in [2.45, 2.75) is 13.3 Å². The van der Waals surface area contributed by atoms with Gasteiger partial charge in [0, 0.05) is 23.1 Å². The minimum Gasteiger partial charge on any atom is -0.507 e. The van der Waals surface area contributed by atoms with E-state index in [0.29, 0.717) is 5.57 Å². The Hall–Kier alpha value is -3.74. The van der Waals surface area contributed by atoms with Gasteiger partial charge in [0.25, 0.3) is 0 Å². The van der Waals surface area contributed by atoms with Gasteiger partial charge in [-0.2, -0.15) is 0 Å². The zero-order valence-electron chi connectivity index (χ0n) is 15.0. The Kier molecular flexibility index (Phi) is 3.71. The van der Waals surface area contributed by atoms with Crippen molar-refractivity contribution in [2.24, 2.45) is 0 Å². The van der Waals surface area contributed by atoms with E-state index in [9.17, 15) is 29.4 Å². The Morgan fingerprint density at radius 3 is 2.36 bits per heavy atom. The molecule has 7 heteroatoms. The fourth-order valence-electron chi connectivity index (χ4n) is 3.83. The number of methoxy groups -OCH3 is 1. The van der Waals surface area contributed by atoms with Crippen LogP contribution in [0.1, 0.15) is 61.1 Å². The lowest BCUT2D eigenvalue weighted by Crippen LogP contribution is -2.25. The van der Waals surface area contributed by atoms with Crippen molar-refractivity contribution in [1.82, 2.24) is 0 Å². The van der Waals surface area contributed by atoms with E-state index in [4.69, 9.17) is 4.74 Å². The van der Waals surface area contributed by atoms with Crippen LogP contribution >= 0.6 is 0 Å². The number of benzene rings is 2. The zero-order chi connectivity index (χ0) is 20.3. The molecule has 4 rings (SSSR count). The van der Waals surface area contributed by atoms with Crippen LogP contribution in [0.3, 0.4) is 0 Å². The number of hydrogen-bond donors (Lipinski definition) is 2. The summed E-state index contributed by atoms with van der Waals surface area (Å²) in [6.45, 7) is 1.59. The highest BCUT2D eigenvalue weighted by Crippen LogP contribution is 2.44. The van der Waals surface area contributed by atoms with E-state index in [-0.39, 0.29) is 45.4 Å². The highest BCUT2D eigenvalue weighted by atomic mass is 16.5. The van der Waals surface area contributed by atoms with Gasteiger partial charge >= 0.3 is 5.97 Å². The summed E-state index contributed by atoms with van der Waals surface area (Å²) in [6, 6.07) is 5.35. The molecule has 2 N–H and O–H groups in total. The predicted molar refractivity (Wildman–Crippen MR) is 96.6 cm³/mol. The molecule has 0 saturated heterocycles. The van der Waals surface area contributed by atoms with Crippen LogP contribution in [-0.2, 0) is 9.53 Å². The first-order chi connectivity index (χ1) is 13.3. The van der Waals surface area contributed by atoms with Gasteiger partial charge in [-0.3, -0.25) is 14.4 Å². The van der Waals surface area contributed by atoms with Gasteiger partial charge in [-0.15, -0.1) is 0 Å². The smallest absolute Gasteiger partial charge is 0.338 e. The van der Waals surface area contributed by atoms with Crippen LogP contribution in [0.5, 0.6) is 11.5 Å². The fraction of sp³-hybridized carbons (Fsp3) is 0.143. The third kappa shape index (κ3) is 2.16. The van der Waals surface area contributed by atoms with Crippen LogP contribution in [-0.4, -0.2) is 40.6 Å². The molecule has 2 aromatic rings. The number of rotatable bonds is 1. The minimum absolute atomic E-state index is 0.0145. The molecular formula is C21H14O7. The average molecular weight is 378 g/mol. The molecule has 0 aliphatic heterocycles. The monoisotopic (exact) mass is 378 g/mol. The van der Waals surface area contributed by atoms with Crippen LogP contribution in [0, 0.1) is 0 Å². The van der Waals surface area contributed by atoms with Crippen LogP contribution in [0.4, 0.5) is 0 Å². The summed E-state index contributed by atoms with van der Waals surface area (Å²) in [5.41, 5.74) is -0.351. The van der Waals surface area contributed by atoms with Crippen molar-refractivity contribution in [2.75, 3.05) is 7.11 Å². The van der Waals surface area contributed by atoms with Crippen molar-refractivity contribution < 1.29 is 34.1 Å². The summed E-state index contributed by atoms with van der Waals surface area (Å²) in [5.74, 6) is -3.61. The summed E-state index contributed by atoms with van der Waals surface area (Å²) < 4.78 is 4.78. The number of hydrogen-bond acceptors (Lipinski definition) is 7. The second-order valence-corrected chi connectivity index (χ2v) is 6.68. The van der Waals surface area contributed by atoms with Crippen molar-refractivity contribution in [3.05, 3.63) is 63.2 Å². The van der Waals surface area contributed by atoms with E-state index in [1.165, 1.54) is 31.4 Å². The van der Waals surface area contributed by atoms with Crippen LogP contribution in [0.2, 0.25) is 0 Å². The number of Topliss-reactive ketones (excluding diaryl/α,β-unsaturated/α-hetero) is 1. The number of phenols is 2. The highest BCUT2D eigenvalue weighted by Gasteiger charge is 2.39. The van der Waals surface area contributed by atoms with Gasteiger partial charge < -0.3 is 14.9 Å². The molecule has 2 aliphatic rings. The van der Waals surface area contributed by atoms with Gasteiger partial charge in [0.05, 0.1) is 29.4 Å². The molecule has 0 atom stereocenters. The number of ether oxygens (including phenoxy) is 1. The number of allylic oxidation sites excluding steroid dienone is 1. The summed E-state index contributed by atoms with van der Waals surface area (Å²) in [7, 11) is 1.19. The standard InChI is InChI=1S/C21H14O7/c1-8-6-13(23)16-10(14(8)21(27)28-2)7-11-17(20(16)26)19(25)15-9(18(11)24)4-3-5-12(15)22/h3-5,7,22,26H,6H2,1-2H3. The number of phenolic OH excluding ortho intramolecular Hbond substituents is 2. The molecule has 0 aromatic heterocycles. The number of aromatic hydroxyl groups is 2. The SMILES string of the molecule is COC(=O)C1=C(C)CC(=O)c2c1cc1c(c2O)C(=O)c2c(O)cccc2C1=O. The number of carbonyl (C=O) groups excluding carboxylic acids is 4. The van der Waals surface area contributed by atoms with Gasteiger partial charge in [0.2, 0.25) is 5.78 Å². The molecule has 28 heavy (non-hydrogen) atoms. The second kappa shape index (κ2) is 5.88. The molecule has 0 fully saturated rings. The Labute approximate surface area is 158 Å². The molecule has 0 saturated carbocycles. The molecule has 0 radical (unpaired) electrons. The van der Waals surface area contributed by atoms with Gasteiger partial charge in [0.15, 0.2) is 11.6 Å². The topological polar surface area (TPSA) is 118 Å². The molecule has 0 spiro atoms. The maximum atomic E-state index is 13.0. The molecule has 2 aliphatic carbocycles. The molecule has 2 aromatic carbocycles. The minimum atomic E-state index is -0.762. The Balaban J connectivity index is 2.08. The van der Waals surface area contributed by atoms with Crippen LogP contribution in [0.15, 0.2) is 29.8 Å². The number of ketones is 3. The largest absolute Gasteiger partial charge is 0.507 e. The summed E-state index contributed by atoms with van der Waals surface area (Å²) >= 11 is 0. The van der Waals surface area contributed by atoms with Gasteiger partial charge in [-0.1, -0.05) is 17.7 Å². The summed E-state index contributed by atoms with van der Waals surface area (Å²) in [6.07, 6.45) is -0.131. The second-order valence-electron chi connectivity index (χ2n) is 6.68. The van der Waals surface area contributed by atoms with Gasteiger partial charge in [-0.25, -0.2) is 4.79 Å². The van der Waals surface area contributed by atoms with Crippen molar-refractivity contribution in [3.8, 4) is 11.5 Å². The van der Waals surface area contributed by atoms with E-state index in [1.807, 2.05) is 0 Å². The third-order valence-electron chi connectivity index (χ3n) is 5.08. The van der Waals surface area contributed by atoms with E-state index >= 15 is 0 Å². The van der Waals surface area contributed by atoms with Crippen LogP contribution < -0.4 is 0 Å². The van der Waals surface area contributed by atoms with Crippen molar-refractivity contribution in [1.29, 1.82) is 0 Å². The summed E-state index contributed by atoms with van der Waals surface area (Å²) in [4.78, 5) is 50.7. The number of fused-ring (bicyclic) bond motifs is 3. The normalized spacial score (nSPS) is 15.1. The van der Waals surface area contributed by atoms with Crippen molar-refractivity contribution in [3.63, 3.8) is 0 Å². The third-order valence-corrected chi connectivity index (χ3v) is 5.08. The Morgan fingerprint density at radius 2 is 1.68 bits per heavy atom. The Morgan fingerprint density at radius 1 is 0.964 bits per heavy atom. The number of esters is 1. The zero-order valence-corrected chi connectivity index (χ0v) is 15.0. The molecule has 7 nitrogen and oxygen atoms in total. The van der Waals surface area contributed by atoms with Crippen LogP contribution in [0.25, 0.3) is 5.57 Å². The van der Waals surface area contributed by atoms with E-state index in [1.54, 1.807) is 6.92 Å². The van der Waals surface area contributed by atoms with Crippen molar-refractivity contribution >= 4 is 28.9 Å². The predicted octanol–water partition coefficient (Wildman–Crippen LogP) is 2.41. The molecule has 0 bridgehead atoms. The van der Waals surface area contributed by atoms with E-state index in [2.05, 4.69) is 0 Å². The average Bonchev–Trinajstić information content (AvgIpc) is 2.64. The first-order valence-electron chi connectivity index (χ1n) is 8.40. The van der Waals surface area contributed by atoms with Gasteiger partial charge in [-0.05, 0) is 19.1 Å². The quantitative estimate of drug-likeness (QED) is 0.624. The molecule has 0 unspecified atom stereocenters. The maximum Gasteiger partial charge on any atom is 0.338 e. The molecule has 0 heterocycles. The highest BCUT2D eigenvalue weighted by molar-refractivity contribution is 6.33. The lowest BCUT2D eigenvalue weighted by Gasteiger charge is -2.25.